The molecule has 1 aliphatic heterocycles. The predicted molar refractivity (Wildman–Crippen MR) is 108 cm³/mol. The molecular weight excluding hydrogens is 336 g/mol. The van der Waals surface area contributed by atoms with E-state index in [1.807, 2.05) is 30.5 Å². The van der Waals surface area contributed by atoms with Crippen LogP contribution in [0.25, 0.3) is 0 Å². The molecule has 0 saturated carbocycles. The summed E-state index contributed by atoms with van der Waals surface area (Å²) in [6.45, 7) is 8.86. The van der Waals surface area contributed by atoms with Gasteiger partial charge in [-0.3, -0.25) is 9.69 Å². The Labute approximate surface area is 162 Å². The molecule has 2 heterocycles. The number of pyridine rings is 1. The Morgan fingerprint density at radius 2 is 1.81 bits per heavy atom. The fourth-order valence-corrected chi connectivity index (χ4v) is 3.73. The van der Waals surface area contributed by atoms with Gasteiger partial charge in [0.15, 0.2) is 6.54 Å². The van der Waals surface area contributed by atoms with Crippen LogP contribution in [0.3, 0.4) is 0 Å². The van der Waals surface area contributed by atoms with Crippen molar-refractivity contribution in [1.82, 2.24) is 5.32 Å². The van der Waals surface area contributed by atoms with Crippen LogP contribution >= 0.6 is 0 Å². The largest absolute Gasteiger partial charge is 0.344 e. The van der Waals surface area contributed by atoms with E-state index < -0.39 is 0 Å². The second-order valence-electron chi connectivity index (χ2n) is 7.82. The standard InChI is InChI=1S/C22H30N4O/c1-18(2)16-20(19-8-4-3-5-9-19)24-22(27)17-25-12-14-26(15-13-25)21-10-6-7-11-23-21/h3-11,18,20H,12-17H2,1-2H3,(H,24,27)/p+2/t20-/m1/s1. The number of carbonyl (C=O) groups excluding carboxylic acids is 1. The van der Waals surface area contributed by atoms with Gasteiger partial charge in [-0.15, -0.1) is 0 Å². The van der Waals surface area contributed by atoms with Gasteiger partial charge in [-0.05, 0) is 24.0 Å². The Morgan fingerprint density at radius 1 is 1.11 bits per heavy atom. The molecule has 1 fully saturated rings. The highest BCUT2D eigenvalue weighted by atomic mass is 16.2. The lowest BCUT2D eigenvalue weighted by molar-refractivity contribution is -0.892. The summed E-state index contributed by atoms with van der Waals surface area (Å²) in [7, 11) is 0. The van der Waals surface area contributed by atoms with Crippen molar-refractivity contribution in [3.63, 3.8) is 0 Å². The van der Waals surface area contributed by atoms with Gasteiger partial charge >= 0.3 is 0 Å². The van der Waals surface area contributed by atoms with E-state index in [4.69, 9.17) is 0 Å². The number of anilines is 1. The number of hydrogen-bond acceptors (Lipinski definition) is 2. The Hall–Kier alpha value is -2.40. The average Bonchev–Trinajstić information content (AvgIpc) is 2.69. The second-order valence-corrected chi connectivity index (χ2v) is 7.82. The minimum absolute atomic E-state index is 0.0957. The lowest BCUT2D eigenvalue weighted by Crippen LogP contribution is -3.16. The van der Waals surface area contributed by atoms with Crippen LogP contribution in [0, 0.1) is 5.92 Å². The fourth-order valence-electron chi connectivity index (χ4n) is 3.73. The van der Waals surface area contributed by atoms with E-state index >= 15 is 0 Å². The van der Waals surface area contributed by atoms with Crippen LogP contribution in [0.15, 0.2) is 54.7 Å². The molecule has 3 rings (SSSR count). The lowest BCUT2D eigenvalue weighted by atomic mass is 9.97. The van der Waals surface area contributed by atoms with Gasteiger partial charge in [0.05, 0.1) is 12.2 Å². The van der Waals surface area contributed by atoms with Crippen molar-refractivity contribution in [2.24, 2.45) is 5.92 Å². The molecule has 1 saturated heterocycles. The van der Waals surface area contributed by atoms with Gasteiger partial charge in [0.25, 0.3) is 11.7 Å². The minimum Gasteiger partial charge on any atom is -0.344 e. The zero-order chi connectivity index (χ0) is 19.1. The number of quaternary nitrogens is 1. The molecule has 5 nitrogen and oxygen atoms in total. The maximum Gasteiger partial charge on any atom is 0.275 e. The van der Waals surface area contributed by atoms with Crippen molar-refractivity contribution in [3.05, 3.63) is 60.3 Å². The molecule has 0 bridgehead atoms. The van der Waals surface area contributed by atoms with Crippen LogP contribution < -0.4 is 20.1 Å². The molecule has 27 heavy (non-hydrogen) atoms. The van der Waals surface area contributed by atoms with E-state index in [1.165, 1.54) is 10.5 Å². The molecule has 1 atom stereocenters. The Kier molecular flexibility index (Phi) is 6.82. The molecule has 1 aliphatic rings. The van der Waals surface area contributed by atoms with Crippen LogP contribution in [0.1, 0.15) is 31.9 Å². The van der Waals surface area contributed by atoms with Gasteiger partial charge in [0.1, 0.15) is 26.2 Å². The summed E-state index contributed by atoms with van der Waals surface area (Å²) in [5, 5.41) is 3.28. The zero-order valence-corrected chi connectivity index (χ0v) is 16.4. The number of benzene rings is 1. The molecule has 1 amide bonds. The van der Waals surface area contributed by atoms with Gasteiger partial charge < -0.3 is 10.2 Å². The first-order chi connectivity index (χ1) is 13.1. The minimum atomic E-state index is 0.0957. The highest BCUT2D eigenvalue weighted by Crippen LogP contribution is 2.20. The third-order valence-electron chi connectivity index (χ3n) is 5.16. The van der Waals surface area contributed by atoms with Crippen molar-refractivity contribution >= 4 is 11.7 Å². The number of aromatic nitrogens is 1. The highest BCUT2D eigenvalue weighted by molar-refractivity contribution is 5.77. The van der Waals surface area contributed by atoms with Crippen molar-refractivity contribution in [2.75, 3.05) is 37.6 Å². The third-order valence-corrected chi connectivity index (χ3v) is 5.16. The lowest BCUT2D eigenvalue weighted by Gasteiger charge is -2.28. The molecule has 1 aromatic carbocycles. The summed E-state index contributed by atoms with van der Waals surface area (Å²) >= 11 is 0. The number of H-pyrrole nitrogens is 1. The Morgan fingerprint density at radius 3 is 2.44 bits per heavy atom. The Balaban J connectivity index is 1.51. The summed E-state index contributed by atoms with van der Waals surface area (Å²) in [5.41, 5.74) is 1.19. The summed E-state index contributed by atoms with van der Waals surface area (Å²) < 4.78 is 0. The number of nitrogens with one attached hydrogen (secondary N) is 3. The van der Waals surface area contributed by atoms with E-state index in [9.17, 15) is 4.79 Å². The van der Waals surface area contributed by atoms with Crippen molar-refractivity contribution in [3.8, 4) is 0 Å². The maximum atomic E-state index is 12.7. The van der Waals surface area contributed by atoms with Crippen molar-refractivity contribution < 1.29 is 14.7 Å². The molecular formula is C22H32N4O+2. The average molecular weight is 369 g/mol. The monoisotopic (exact) mass is 368 g/mol. The summed E-state index contributed by atoms with van der Waals surface area (Å²) in [5.74, 6) is 1.84. The fraction of sp³-hybridized carbons (Fsp3) is 0.455. The van der Waals surface area contributed by atoms with Crippen LogP contribution in [-0.2, 0) is 4.79 Å². The first kappa shape index (κ1) is 19.4. The predicted octanol–water partition coefficient (Wildman–Crippen LogP) is 1.11. The number of amides is 1. The molecule has 2 aromatic rings. The van der Waals surface area contributed by atoms with Crippen molar-refractivity contribution in [1.29, 1.82) is 0 Å². The topological polar surface area (TPSA) is 50.9 Å². The molecule has 0 aliphatic carbocycles. The maximum absolute atomic E-state index is 12.7. The van der Waals surface area contributed by atoms with Gasteiger partial charge in [-0.25, -0.2) is 4.98 Å². The molecule has 0 radical (unpaired) electrons. The second kappa shape index (κ2) is 9.51. The van der Waals surface area contributed by atoms with E-state index in [2.05, 4.69) is 53.3 Å². The van der Waals surface area contributed by atoms with E-state index in [1.54, 1.807) is 0 Å². The van der Waals surface area contributed by atoms with E-state index in [-0.39, 0.29) is 11.9 Å². The molecule has 144 valence electrons. The Bertz CT molecular complexity index is 697. The van der Waals surface area contributed by atoms with Crippen LogP contribution in [0.4, 0.5) is 5.82 Å². The van der Waals surface area contributed by atoms with Crippen LogP contribution in [0.2, 0.25) is 0 Å². The molecule has 1 aromatic heterocycles. The summed E-state index contributed by atoms with van der Waals surface area (Å²) in [6, 6.07) is 16.6. The van der Waals surface area contributed by atoms with E-state index in [0.717, 1.165) is 38.4 Å². The number of rotatable bonds is 7. The molecule has 0 spiro atoms. The quantitative estimate of drug-likeness (QED) is 0.769. The molecule has 0 unspecified atom stereocenters. The van der Waals surface area contributed by atoms with Crippen LogP contribution in [-0.4, -0.2) is 38.6 Å². The highest BCUT2D eigenvalue weighted by Gasteiger charge is 2.28. The SMILES string of the molecule is CC(C)C[C@@H](NC(=O)C[NH+]1CCN(c2cccc[nH+]2)CC1)c1ccccc1. The number of carbonyl (C=O) groups is 1. The first-order valence-electron chi connectivity index (χ1n) is 10.0. The number of piperazine rings is 1. The zero-order valence-electron chi connectivity index (χ0n) is 16.4. The summed E-state index contributed by atoms with van der Waals surface area (Å²) in [6.07, 6.45) is 2.92. The number of nitrogens with zero attached hydrogens (tertiary/aromatic N) is 1. The third kappa shape index (κ3) is 5.79. The van der Waals surface area contributed by atoms with Gasteiger partial charge in [-0.1, -0.05) is 50.2 Å². The van der Waals surface area contributed by atoms with Gasteiger partial charge in [-0.2, -0.15) is 0 Å². The molecule has 3 N–H and O–H groups in total. The number of aromatic amines is 1. The van der Waals surface area contributed by atoms with Crippen LogP contribution in [0.5, 0.6) is 0 Å². The number of hydrogen-bond donors (Lipinski definition) is 2. The van der Waals surface area contributed by atoms with Gasteiger partial charge in [0, 0.05) is 6.07 Å². The van der Waals surface area contributed by atoms with Gasteiger partial charge in [0.2, 0.25) is 0 Å². The molecule has 5 heteroatoms. The van der Waals surface area contributed by atoms with Crippen molar-refractivity contribution in [2.45, 2.75) is 26.3 Å². The smallest absolute Gasteiger partial charge is 0.275 e. The van der Waals surface area contributed by atoms with E-state index in [0.29, 0.717) is 12.5 Å². The summed E-state index contributed by atoms with van der Waals surface area (Å²) in [4.78, 5) is 19.7. The normalized spacial score (nSPS) is 16.3. The first-order valence-corrected chi connectivity index (χ1v) is 10.0.